The van der Waals surface area contributed by atoms with Crippen molar-refractivity contribution in [3.8, 4) is 23.0 Å². The zero-order valence-corrected chi connectivity index (χ0v) is 21.1. The van der Waals surface area contributed by atoms with Crippen molar-refractivity contribution in [2.45, 2.75) is 20.0 Å². The maximum atomic E-state index is 13.9. The van der Waals surface area contributed by atoms with Gasteiger partial charge >= 0.3 is 6.18 Å². The Morgan fingerprint density at radius 2 is 1.71 bits per heavy atom. The average molecular weight is 548 g/mol. The van der Waals surface area contributed by atoms with Crippen LogP contribution in [-0.2, 0) is 11.0 Å². The van der Waals surface area contributed by atoms with Crippen LogP contribution in [0.1, 0.15) is 16.9 Å². The van der Waals surface area contributed by atoms with Gasteiger partial charge < -0.3 is 23.9 Å². The summed E-state index contributed by atoms with van der Waals surface area (Å²) in [6.07, 6.45) is -5.04. The molecule has 4 rings (SSSR count). The molecule has 3 aromatic carbocycles. The minimum atomic E-state index is -5.04. The minimum absolute atomic E-state index is 0.00237. The van der Waals surface area contributed by atoms with Gasteiger partial charge in [0.2, 0.25) is 11.2 Å². The van der Waals surface area contributed by atoms with Crippen LogP contribution in [-0.4, -0.2) is 19.6 Å². The Hall–Kier alpha value is -4.18. The number of carbonyl (C=O) groups is 1. The number of hydrogen-bond donors (Lipinski definition) is 1. The van der Waals surface area contributed by atoms with Crippen LogP contribution in [0.5, 0.6) is 23.0 Å². The van der Waals surface area contributed by atoms with Crippen molar-refractivity contribution in [1.82, 2.24) is 0 Å². The zero-order chi connectivity index (χ0) is 27.6. The van der Waals surface area contributed by atoms with Crippen LogP contribution in [0.15, 0.2) is 63.8 Å². The van der Waals surface area contributed by atoms with E-state index in [9.17, 15) is 22.8 Å². The first kappa shape index (κ1) is 26.9. The Bertz CT molecular complexity index is 1560. The molecule has 0 radical (unpaired) electrons. The van der Waals surface area contributed by atoms with E-state index in [1.165, 1.54) is 31.4 Å². The second-order valence-electron chi connectivity index (χ2n) is 8.26. The highest BCUT2D eigenvalue weighted by atomic mass is 35.5. The van der Waals surface area contributed by atoms with Crippen LogP contribution in [0.2, 0.25) is 5.02 Å². The number of anilines is 1. The number of para-hydroxylation sites is 2. The third-order valence-electron chi connectivity index (χ3n) is 5.46. The van der Waals surface area contributed by atoms with Crippen LogP contribution in [0.3, 0.4) is 0 Å². The number of nitrogens with one attached hydrogen (secondary N) is 1. The molecular weight excluding hydrogens is 527 g/mol. The van der Waals surface area contributed by atoms with Crippen LogP contribution >= 0.6 is 11.6 Å². The van der Waals surface area contributed by atoms with Gasteiger partial charge in [0.25, 0.3) is 11.7 Å². The van der Waals surface area contributed by atoms with Crippen molar-refractivity contribution in [3.63, 3.8) is 0 Å². The lowest BCUT2D eigenvalue weighted by molar-refractivity contribution is -0.154. The lowest BCUT2D eigenvalue weighted by atomic mass is 10.1. The fourth-order valence-corrected chi connectivity index (χ4v) is 3.80. The molecule has 0 aliphatic rings. The normalized spacial score (nSPS) is 11.3. The molecule has 0 fully saturated rings. The van der Waals surface area contributed by atoms with Gasteiger partial charge in [0, 0.05) is 11.1 Å². The lowest BCUT2D eigenvalue weighted by Crippen LogP contribution is -2.20. The Morgan fingerprint density at radius 3 is 2.37 bits per heavy atom. The molecule has 0 unspecified atom stereocenters. The maximum Gasteiger partial charge on any atom is 0.453 e. The smallest absolute Gasteiger partial charge is 0.453 e. The van der Waals surface area contributed by atoms with Gasteiger partial charge in [-0.1, -0.05) is 23.7 Å². The number of aryl methyl sites for hydroxylation is 2. The predicted molar refractivity (Wildman–Crippen MR) is 136 cm³/mol. The van der Waals surface area contributed by atoms with Crippen molar-refractivity contribution in [3.05, 3.63) is 86.7 Å². The summed E-state index contributed by atoms with van der Waals surface area (Å²) < 4.78 is 62.7. The first-order valence-electron chi connectivity index (χ1n) is 11.2. The fraction of sp³-hybridized carbons (Fsp3) is 0.185. The number of methoxy groups -OCH3 is 1. The topological polar surface area (TPSA) is 87.0 Å². The molecule has 0 bridgehead atoms. The summed E-state index contributed by atoms with van der Waals surface area (Å²) in [6, 6.07) is 13.2. The van der Waals surface area contributed by atoms with Crippen LogP contribution < -0.4 is 25.0 Å². The van der Waals surface area contributed by atoms with Gasteiger partial charge in [-0.25, -0.2) is 0 Å². The summed E-state index contributed by atoms with van der Waals surface area (Å²) in [4.78, 5) is 25.4. The van der Waals surface area contributed by atoms with E-state index >= 15 is 0 Å². The molecule has 7 nitrogen and oxygen atoms in total. The molecule has 0 aliphatic carbocycles. The number of halogens is 4. The highest BCUT2D eigenvalue weighted by Crippen LogP contribution is 2.39. The van der Waals surface area contributed by atoms with E-state index in [1.807, 2.05) is 0 Å². The molecule has 1 aromatic heterocycles. The maximum absolute atomic E-state index is 13.9. The van der Waals surface area contributed by atoms with Gasteiger partial charge in [0.1, 0.15) is 22.8 Å². The standard InChI is InChI=1S/C27H21ClF3NO6/c1-14-10-17(11-15(2)23(14)28)37-25-24(34)18-9-8-16(12-21(18)38-26(25)27(29,30)31)36-13-22(33)32-19-6-4-5-7-20(19)35-3/h4-12H,13H2,1-3H3,(H,32,33). The first-order chi connectivity index (χ1) is 18.0. The van der Waals surface area contributed by atoms with Crippen molar-refractivity contribution in [2.75, 3.05) is 19.0 Å². The Morgan fingerprint density at radius 1 is 1.03 bits per heavy atom. The molecule has 198 valence electrons. The predicted octanol–water partition coefficient (Wildman–Crippen LogP) is 6.90. The van der Waals surface area contributed by atoms with Crippen molar-refractivity contribution < 1.29 is 36.6 Å². The van der Waals surface area contributed by atoms with E-state index in [4.69, 9.17) is 30.2 Å². The molecule has 38 heavy (non-hydrogen) atoms. The highest BCUT2D eigenvalue weighted by molar-refractivity contribution is 6.32. The highest BCUT2D eigenvalue weighted by Gasteiger charge is 2.40. The number of carbonyl (C=O) groups excluding carboxylic acids is 1. The molecule has 1 N–H and O–H groups in total. The minimum Gasteiger partial charge on any atom is -0.495 e. The Labute approximate surface area is 219 Å². The Kier molecular flexibility index (Phi) is 7.54. The van der Waals surface area contributed by atoms with Gasteiger partial charge in [-0.05, 0) is 61.4 Å². The zero-order valence-electron chi connectivity index (χ0n) is 20.4. The first-order valence-corrected chi connectivity index (χ1v) is 11.5. The molecule has 1 heterocycles. The SMILES string of the molecule is COc1ccccc1NC(=O)COc1ccc2c(=O)c(Oc3cc(C)c(Cl)c(C)c3)c(C(F)(F)F)oc2c1. The molecule has 11 heteroatoms. The summed E-state index contributed by atoms with van der Waals surface area (Å²) in [5.74, 6) is -2.69. The number of hydrogen-bond acceptors (Lipinski definition) is 6. The third-order valence-corrected chi connectivity index (χ3v) is 6.06. The molecule has 0 saturated carbocycles. The van der Waals surface area contributed by atoms with E-state index in [0.717, 1.165) is 6.07 Å². The number of alkyl halides is 3. The van der Waals surface area contributed by atoms with Gasteiger partial charge in [-0.3, -0.25) is 9.59 Å². The van der Waals surface area contributed by atoms with Crippen molar-refractivity contribution in [1.29, 1.82) is 0 Å². The summed E-state index contributed by atoms with van der Waals surface area (Å²) >= 11 is 6.12. The van der Waals surface area contributed by atoms with E-state index in [2.05, 4.69) is 5.32 Å². The number of rotatable bonds is 7. The van der Waals surface area contributed by atoms with Gasteiger partial charge in [-0.15, -0.1) is 0 Å². The third kappa shape index (κ3) is 5.70. The van der Waals surface area contributed by atoms with Crippen molar-refractivity contribution in [2.24, 2.45) is 0 Å². The fourth-order valence-electron chi connectivity index (χ4n) is 3.69. The van der Waals surface area contributed by atoms with E-state index in [-0.39, 0.29) is 22.5 Å². The van der Waals surface area contributed by atoms with Crippen LogP contribution in [0, 0.1) is 13.8 Å². The van der Waals surface area contributed by atoms with E-state index < -0.39 is 35.6 Å². The molecule has 0 atom stereocenters. The van der Waals surface area contributed by atoms with E-state index in [1.54, 1.807) is 38.1 Å². The molecule has 4 aromatic rings. The number of amides is 1. The monoisotopic (exact) mass is 547 g/mol. The summed E-state index contributed by atoms with van der Waals surface area (Å²) in [6.45, 7) is 2.86. The number of fused-ring (bicyclic) bond motifs is 1. The molecule has 0 aliphatic heterocycles. The van der Waals surface area contributed by atoms with Crippen molar-refractivity contribution >= 4 is 34.2 Å². The second-order valence-corrected chi connectivity index (χ2v) is 8.63. The second kappa shape index (κ2) is 10.7. The summed E-state index contributed by atoms with van der Waals surface area (Å²) in [7, 11) is 1.45. The van der Waals surface area contributed by atoms with Crippen LogP contribution in [0.25, 0.3) is 11.0 Å². The average Bonchev–Trinajstić information content (AvgIpc) is 2.87. The van der Waals surface area contributed by atoms with E-state index in [0.29, 0.717) is 27.6 Å². The van der Waals surface area contributed by atoms with Crippen LogP contribution in [0.4, 0.5) is 18.9 Å². The van der Waals surface area contributed by atoms with Gasteiger partial charge in [0.15, 0.2) is 6.61 Å². The molecule has 1 amide bonds. The summed E-state index contributed by atoms with van der Waals surface area (Å²) in [5, 5.41) is 2.88. The molecule has 0 saturated heterocycles. The largest absolute Gasteiger partial charge is 0.495 e. The quantitative estimate of drug-likeness (QED) is 0.271. The molecule has 0 spiro atoms. The lowest BCUT2D eigenvalue weighted by Gasteiger charge is -2.15. The summed E-state index contributed by atoms with van der Waals surface area (Å²) in [5.41, 5.74) is 0.139. The Balaban J connectivity index is 1.62. The van der Waals surface area contributed by atoms with Gasteiger partial charge in [-0.2, -0.15) is 13.2 Å². The number of ether oxygens (including phenoxy) is 3. The van der Waals surface area contributed by atoms with Gasteiger partial charge in [0.05, 0.1) is 18.2 Å². The number of benzene rings is 3. The molecular formula is C27H21ClF3NO6.